The Bertz CT molecular complexity index is 707. The summed E-state index contributed by atoms with van der Waals surface area (Å²) in [5, 5.41) is 0. The molecular weight excluding hydrogens is 407 g/mol. The zero-order chi connectivity index (χ0) is 16.6. The van der Waals surface area contributed by atoms with Crippen molar-refractivity contribution in [1.82, 2.24) is 0 Å². The summed E-state index contributed by atoms with van der Waals surface area (Å²) in [5.74, 6) is 0. The van der Waals surface area contributed by atoms with Crippen LogP contribution in [-0.4, -0.2) is 0 Å². The largest absolute Gasteiger partial charge is 4.00 e. The standard InChI is InChI=1S/C13H9.C11H17.2ClH.Ti/c1-3-7-12-10(5-1)9-11-6-2-4-8-13(11)12;1-2-3-4-5-8-11-9-6-7-10-11;;;/h1-5,7-8H,9H2;6-7,9-10H,2-5,8H2,1H3;2*1H;/q2*-1;;;+4/p-2. The molecular formula is C24H26Cl2Ti. The van der Waals surface area contributed by atoms with Crippen LogP contribution in [0.3, 0.4) is 0 Å². The Morgan fingerprint density at radius 1 is 0.852 bits per heavy atom. The van der Waals surface area contributed by atoms with Gasteiger partial charge in [0.2, 0.25) is 0 Å². The second-order valence-corrected chi connectivity index (χ2v) is 6.50. The van der Waals surface area contributed by atoms with Crippen molar-refractivity contribution in [2.24, 2.45) is 0 Å². The minimum atomic E-state index is 0. The predicted molar refractivity (Wildman–Crippen MR) is 103 cm³/mol. The number of rotatable bonds is 5. The molecule has 1 aliphatic rings. The average molecular weight is 433 g/mol. The van der Waals surface area contributed by atoms with Gasteiger partial charge in [0.25, 0.3) is 0 Å². The van der Waals surface area contributed by atoms with Crippen LogP contribution in [0.25, 0.3) is 11.1 Å². The van der Waals surface area contributed by atoms with Gasteiger partial charge in [0.1, 0.15) is 0 Å². The van der Waals surface area contributed by atoms with Gasteiger partial charge in [-0.3, -0.25) is 0 Å². The van der Waals surface area contributed by atoms with Gasteiger partial charge in [-0.25, -0.2) is 12.1 Å². The van der Waals surface area contributed by atoms with E-state index >= 15 is 0 Å². The molecule has 0 nitrogen and oxygen atoms in total. The number of aryl methyl sites for hydroxylation is 1. The van der Waals surface area contributed by atoms with Crippen LogP contribution < -0.4 is 24.8 Å². The van der Waals surface area contributed by atoms with Gasteiger partial charge < -0.3 is 24.8 Å². The molecule has 0 bridgehead atoms. The van der Waals surface area contributed by atoms with Gasteiger partial charge in [-0.05, 0) is 6.42 Å². The molecule has 3 heteroatoms. The first kappa shape index (κ1) is 26.1. The third kappa shape index (κ3) is 7.55. The molecule has 3 aromatic rings. The molecule has 0 radical (unpaired) electrons. The van der Waals surface area contributed by atoms with Crippen LogP contribution in [0.2, 0.25) is 0 Å². The summed E-state index contributed by atoms with van der Waals surface area (Å²) in [7, 11) is 0. The predicted octanol–water partition coefficient (Wildman–Crippen LogP) is 0.592. The third-order valence-corrected chi connectivity index (χ3v) is 4.67. The maximum absolute atomic E-state index is 3.30. The monoisotopic (exact) mass is 432 g/mol. The summed E-state index contributed by atoms with van der Waals surface area (Å²) in [5.41, 5.74) is 7.01. The van der Waals surface area contributed by atoms with Gasteiger partial charge in [0.05, 0.1) is 0 Å². The van der Waals surface area contributed by atoms with E-state index in [0.29, 0.717) is 0 Å². The Morgan fingerprint density at radius 3 is 2.30 bits per heavy atom. The van der Waals surface area contributed by atoms with E-state index in [2.05, 4.69) is 73.7 Å². The van der Waals surface area contributed by atoms with E-state index in [-0.39, 0.29) is 46.5 Å². The minimum absolute atomic E-state index is 0. The fourth-order valence-electron chi connectivity index (χ4n) is 3.33. The molecule has 0 aliphatic heterocycles. The van der Waals surface area contributed by atoms with Gasteiger partial charge in [-0.2, -0.15) is 47.5 Å². The molecule has 140 valence electrons. The smallest absolute Gasteiger partial charge is 1.00 e. The summed E-state index contributed by atoms with van der Waals surface area (Å²) < 4.78 is 0. The van der Waals surface area contributed by atoms with Crippen molar-refractivity contribution < 1.29 is 46.5 Å². The van der Waals surface area contributed by atoms with Gasteiger partial charge in [-0.1, -0.05) is 74.4 Å². The topological polar surface area (TPSA) is 0 Å². The Hall–Kier alpha value is -0.916. The molecule has 4 rings (SSSR count). The fourth-order valence-corrected chi connectivity index (χ4v) is 3.33. The molecule has 1 aliphatic carbocycles. The van der Waals surface area contributed by atoms with Crippen molar-refractivity contribution in [2.45, 2.75) is 45.4 Å². The van der Waals surface area contributed by atoms with Crippen LogP contribution >= 0.6 is 0 Å². The SMILES string of the molecule is CCCCCC[c-]1cccc1.[Cl-].[Cl-].[Ti+4].[c-]1cccc2c1Cc1ccccc1-2. The normalized spacial score (nSPS) is 10.1. The van der Waals surface area contributed by atoms with Gasteiger partial charge in [-0.15, -0.1) is 5.56 Å². The van der Waals surface area contributed by atoms with Gasteiger partial charge >= 0.3 is 21.7 Å². The van der Waals surface area contributed by atoms with Gasteiger partial charge in [0.15, 0.2) is 0 Å². The molecule has 0 unspecified atom stereocenters. The van der Waals surface area contributed by atoms with Crippen LogP contribution in [0.1, 0.15) is 49.3 Å². The van der Waals surface area contributed by atoms with Crippen molar-refractivity contribution in [3.8, 4) is 11.1 Å². The second kappa shape index (κ2) is 14.1. The van der Waals surface area contributed by atoms with Crippen molar-refractivity contribution in [1.29, 1.82) is 0 Å². The summed E-state index contributed by atoms with van der Waals surface area (Å²) in [6, 6.07) is 26.8. The summed E-state index contributed by atoms with van der Waals surface area (Å²) in [6.45, 7) is 2.25. The summed E-state index contributed by atoms with van der Waals surface area (Å²) >= 11 is 0. The van der Waals surface area contributed by atoms with E-state index in [4.69, 9.17) is 0 Å². The van der Waals surface area contributed by atoms with Crippen molar-refractivity contribution in [3.05, 3.63) is 89.5 Å². The molecule has 0 N–H and O–H groups in total. The Balaban J connectivity index is 0.000000457. The molecule has 0 fully saturated rings. The maximum Gasteiger partial charge on any atom is 4.00 e. The molecule has 0 spiro atoms. The maximum atomic E-state index is 3.30. The van der Waals surface area contributed by atoms with Crippen LogP contribution in [-0.2, 0) is 34.6 Å². The Labute approximate surface area is 191 Å². The quantitative estimate of drug-likeness (QED) is 0.246. The van der Waals surface area contributed by atoms with Crippen molar-refractivity contribution in [3.63, 3.8) is 0 Å². The Kier molecular flexibility index (Phi) is 13.7. The number of halogens is 2. The first-order chi connectivity index (χ1) is 11.9. The molecule has 27 heavy (non-hydrogen) atoms. The fraction of sp³-hybridized carbons (Fsp3) is 0.292. The second-order valence-electron chi connectivity index (χ2n) is 6.50. The number of unbranched alkanes of at least 4 members (excludes halogenated alkanes) is 3. The van der Waals surface area contributed by atoms with Crippen LogP contribution in [0.5, 0.6) is 0 Å². The average Bonchev–Trinajstić information content (AvgIpc) is 3.27. The molecule has 0 saturated carbocycles. The molecule has 0 saturated heterocycles. The molecule has 0 atom stereocenters. The van der Waals surface area contributed by atoms with E-state index in [1.54, 1.807) is 0 Å². The number of benzene rings is 2. The van der Waals surface area contributed by atoms with E-state index < -0.39 is 0 Å². The van der Waals surface area contributed by atoms with Crippen LogP contribution in [0.4, 0.5) is 0 Å². The van der Waals surface area contributed by atoms with Crippen molar-refractivity contribution in [2.75, 3.05) is 0 Å². The third-order valence-electron chi connectivity index (χ3n) is 4.67. The number of hydrogen-bond donors (Lipinski definition) is 0. The first-order valence-corrected chi connectivity index (χ1v) is 9.17. The molecule has 0 amide bonds. The first-order valence-electron chi connectivity index (χ1n) is 9.17. The van der Waals surface area contributed by atoms with Crippen molar-refractivity contribution >= 4 is 0 Å². The summed E-state index contributed by atoms with van der Waals surface area (Å²) in [6.07, 6.45) is 7.79. The zero-order valence-electron chi connectivity index (χ0n) is 15.8. The Morgan fingerprint density at radius 2 is 1.56 bits per heavy atom. The van der Waals surface area contributed by atoms with E-state index in [1.807, 2.05) is 6.07 Å². The van der Waals surface area contributed by atoms with Gasteiger partial charge in [0, 0.05) is 0 Å². The molecule has 0 aromatic heterocycles. The van der Waals surface area contributed by atoms with Crippen LogP contribution in [0.15, 0.2) is 66.7 Å². The molecule has 3 aromatic carbocycles. The molecule has 0 heterocycles. The van der Waals surface area contributed by atoms with E-state index in [1.165, 1.54) is 59.9 Å². The van der Waals surface area contributed by atoms with E-state index in [9.17, 15) is 0 Å². The minimum Gasteiger partial charge on any atom is -1.00 e. The number of hydrogen-bond acceptors (Lipinski definition) is 0. The number of fused-ring (bicyclic) bond motifs is 3. The zero-order valence-corrected chi connectivity index (χ0v) is 18.9. The summed E-state index contributed by atoms with van der Waals surface area (Å²) in [4.78, 5) is 0. The van der Waals surface area contributed by atoms with Crippen LogP contribution in [0, 0.1) is 6.07 Å². The van der Waals surface area contributed by atoms with E-state index in [0.717, 1.165) is 6.42 Å².